The Morgan fingerprint density at radius 1 is 1.39 bits per heavy atom. The molecule has 0 bridgehead atoms. The van der Waals surface area contributed by atoms with E-state index >= 15 is 0 Å². The third-order valence-corrected chi connectivity index (χ3v) is 5.08. The number of aromatic nitrogens is 2. The minimum Gasteiger partial charge on any atom is -0.324 e. The second kappa shape index (κ2) is 7.19. The first-order valence-corrected chi connectivity index (χ1v) is 8.98. The third kappa shape index (κ3) is 3.43. The minimum absolute atomic E-state index is 0.0151. The van der Waals surface area contributed by atoms with E-state index in [0.29, 0.717) is 0 Å². The Kier molecular flexibility index (Phi) is 5.03. The van der Waals surface area contributed by atoms with Crippen molar-refractivity contribution >= 4 is 23.4 Å². The molecule has 1 aromatic heterocycles. The first kappa shape index (κ1) is 16.1. The van der Waals surface area contributed by atoms with Crippen LogP contribution in [0.25, 0.3) is 0 Å². The van der Waals surface area contributed by atoms with Crippen LogP contribution in [0.5, 0.6) is 0 Å². The van der Waals surface area contributed by atoms with Crippen molar-refractivity contribution in [2.75, 3.05) is 24.2 Å². The average molecular weight is 330 g/mol. The van der Waals surface area contributed by atoms with E-state index < -0.39 is 5.54 Å². The number of nitrogens with one attached hydrogen (secondary N) is 2. The zero-order chi connectivity index (χ0) is 16.1. The van der Waals surface area contributed by atoms with E-state index in [0.717, 1.165) is 37.4 Å². The smallest absolute Gasteiger partial charge is 0.252 e. The maximum atomic E-state index is 13.1. The van der Waals surface area contributed by atoms with E-state index in [4.69, 9.17) is 0 Å². The van der Waals surface area contributed by atoms with E-state index in [1.807, 2.05) is 35.1 Å². The highest BCUT2D eigenvalue weighted by Gasteiger charge is 2.42. The molecule has 0 radical (unpaired) electrons. The van der Waals surface area contributed by atoms with Gasteiger partial charge in [-0.25, -0.2) is 0 Å². The van der Waals surface area contributed by atoms with Crippen LogP contribution in [-0.2, 0) is 10.3 Å². The lowest BCUT2D eigenvalue weighted by Gasteiger charge is -2.36. The van der Waals surface area contributed by atoms with Gasteiger partial charge in [-0.1, -0.05) is 13.0 Å². The van der Waals surface area contributed by atoms with Gasteiger partial charge in [0, 0.05) is 23.0 Å². The summed E-state index contributed by atoms with van der Waals surface area (Å²) in [6.45, 7) is 3.76. The van der Waals surface area contributed by atoms with Crippen molar-refractivity contribution < 1.29 is 4.79 Å². The number of carbonyl (C=O) groups is 1. The van der Waals surface area contributed by atoms with Crippen molar-refractivity contribution in [1.29, 1.82) is 0 Å². The number of nitrogens with zero attached hydrogens (tertiary/aromatic N) is 2. The molecular weight excluding hydrogens is 308 g/mol. The van der Waals surface area contributed by atoms with E-state index in [1.54, 1.807) is 18.0 Å². The molecule has 2 heterocycles. The molecule has 23 heavy (non-hydrogen) atoms. The molecule has 2 aromatic rings. The molecule has 0 saturated carbocycles. The SMILES string of the molecule is CCSc1cccc(NC(=O)C2(n3cccn3)CCNCC2)c1. The molecule has 1 saturated heterocycles. The summed E-state index contributed by atoms with van der Waals surface area (Å²) in [6, 6.07) is 9.89. The summed E-state index contributed by atoms with van der Waals surface area (Å²) in [4.78, 5) is 14.2. The van der Waals surface area contributed by atoms with Gasteiger partial charge in [0.25, 0.3) is 5.91 Å². The topological polar surface area (TPSA) is 59.0 Å². The van der Waals surface area contributed by atoms with Gasteiger partial charge in [0.2, 0.25) is 0 Å². The van der Waals surface area contributed by atoms with Crippen molar-refractivity contribution in [1.82, 2.24) is 15.1 Å². The first-order valence-electron chi connectivity index (χ1n) is 8.00. The summed E-state index contributed by atoms with van der Waals surface area (Å²) in [5.74, 6) is 1.03. The number of carbonyl (C=O) groups excluding carboxylic acids is 1. The largest absolute Gasteiger partial charge is 0.324 e. The van der Waals surface area contributed by atoms with Crippen LogP contribution in [0, 0.1) is 0 Å². The van der Waals surface area contributed by atoms with Crippen LogP contribution < -0.4 is 10.6 Å². The van der Waals surface area contributed by atoms with E-state index in [1.165, 1.54) is 4.90 Å². The molecule has 1 amide bonds. The maximum Gasteiger partial charge on any atom is 0.252 e. The van der Waals surface area contributed by atoms with Crippen LogP contribution in [0.3, 0.4) is 0 Å². The zero-order valence-corrected chi connectivity index (χ0v) is 14.1. The van der Waals surface area contributed by atoms with Gasteiger partial charge in [-0.2, -0.15) is 5.10 Å². The van der Waals surface area contributed by atoms with Gasteiger partial charge in [-0.3, -0.25) is 9.48 Å². The normalized spacial score (nSPS) is 16.9. The Morgan fingerprint density at radius 3 is 2.91 bits per heavy atom. The quantitative estimate of drug-likeness (QED) is 0.828. The van der Waals surface area contributed by atoms with Crippen LogP contribution in [0.2, 0.25) is 0 Å². The predicted molar refractivity (Wildman–Crippen MR) is 93.8 cm³/mol. The van der Waals surface area contributed by atoms with Gasteiger partial charge in [0.05, 0.1) is 0 Å². The number of anilines is 1. The Labute approximate surface area is 140 Å². The predicted octanol–water partition coefficient (Wildman–Crippen LogP) is 2.71. The Bertz CT molecular complexity index is 650. The highest BCUT2D eigenvalue weighted by atomic mass is 32.2. The number of rotatable bonds is 5. The molecule has 1 aliphatic rings. The number of thioether (sulfide) groups is 1. The summed E-state index contributed by atoms with van der Waals surface area (Å²) in [7, 11) is 0. The molecule has 5 nitrogen and oxygen atoms in total. The number of piperidine rings is 1. The van der Waals surface area contributed by atoms with Crippen LogP contribution in [0.4, 0.5) is 5.69 Å². The van der Waals surface area contributed by atoms with Gasteiger partial charge in [0.15, 0.2) is 0 Å². The van der Waals surface area contributed by atoms with Crippen LogP contribution >= 0.6 is 11.8 Å². The van der Waals surface area contributed by atoms with Crippen LogP contribution in [-0.4, -0.2) is 34.5 Å². The molecule has 122 valence electrons. The standard InChI is InChI=1S/C17H22N4OS/c1-2-23-15-6-3-5-14(13-15)20-16(22)17(7-10-18-11-8-17)21-12-4-9-19-21/h3-6,9,12-13,18H,2,7-8,10-11H2,1H3,(H,20,22). The lowest BCUT2D eigenvalue weighted by atomic mass is 9.87. The van der Waals surface area contributed by atoms with E-state index in [9.17, 15) is 4.79 Å². The highest BCUT2D eigenvalue weighted by molar-refractivity contribution is 7.99. The molecule has 1 aliphatic heterocycles. The molecule has 0 spiro atoms. The Balaban J connectivity index is 1.83. The summed E-state index contributed by atoms with van der Waals surface area (Å²) >= 11 is 1.77. The van der Waals surface area contributed by atoms with Gasteiger partial charge in [0.1, 0.15) is 5.54 Å². The van der Waals surface area contributed by atoms with Crippen molar-refractivity contribution in [2.45, 2.75) is 30.2 Å². The van der Waals surface area contributed by atoms with Gasteiger partial charge >= 0.3 is 0 Å². The van der Waals surface area contributed by atoms with Crippen LogP contribution in [0.15, 0.2) is 47.6 Å². The number of hydrogen-bond acceptors (Lipinski definition) is 4. The molecule has 1 fully saturated rings. The first-order chi connectivity index (χ1) is 11.2. The molecule has 6 heteroatoms. The fourth-order valence-corrected chi connectivity index (χ4v) is 3.72. The lowest BCUT2D eigenvalue weighted by molar-refractivity contribution is -0.126. The van der Waals surface area contributed by atoms with Gasteiger partial charge in [-0.15, -0.1) is 11.8 Å². The number of benzene rings is 1. The van der Waals surface area contributed by atoms with Gasteiger partial charge in [-0.05, 0) is 55.9 Å². The summed E-state index contributed by atoms with van der Waals surface area (Å²) in [6.07, 6.45) is 5.09. The average Bonchev–Trinajstić information content (AvgIpc) is 3.11. The highest BCUT2D eigenvalue weighted by Crippen LogP contribution is 2.29. The second-order valence-electron chi connectivity index (χ2n) is 5.65. The monoisotopic (exact) mass is 330 g/mol. The third-order valence-electron chi connectivity index (χ3n) is 4.20. The zero-order valence-electron chi connectivity index (χ0n) is 13.3. The number of amides is 1. The summed E-state index contributed by atoms with van der Waals surface area (Å²) in [5.41, 5.74) is 0.237. The second-order valence-corrected chi connectivity index (χ2v) is 6.98. The molecule has 0 atom stereocenters. The minimum atomic E-state index is -0.608. The molecule has 2 N–H and O–H groups in total. The van der Waals surface area contributed by atoms with Crippen molar-refractivity contribution in [3.8, 4) is 0 Å². The van der Waals surface area contributed by atoms with Crippen molar-refractivity contribution in [2.24, 2.45) is 0 Å². The summed E-state index contributed by atoms with van der Waals surface area (Å²) in [5, 5.41) is 10.8. The number of hydrogen-bond donors (Lipinski definition) is 2. The fourth-order valence-electron chi connectivity index (χ4n) is 3.00. The Hall–Kier alpha value is -1.79. The van der Waals surface area contributed by atoms with Gasteiger partial charge < -0.3 is 10.6 Å². The molecule has 1 aromatic carbocycles. The molecule has 0 unspecified atom stereocenters. The van der Waals surface area contributed by atoms with Crippen molar-refractivity contribution in [3.05, 3.63) is 42.7 Å². The van der Waals surface area contributed by atoms with E-state index in [-0.39, 0.29) is 5.91 Å². The van der Waals surface area contributed by atoms with Crippen LogP contribution in [0.1, 0.15) is 19.8 Å². The molecule has 3 rings (SSSR count). The fraction of sp³-hybridized carbons (Fsp3) is 0.412. The molecule has 0 aliphatic carbocycles. The molecular formula is C17H22N4OS. The van der Waals surface area contributed by atoms with Crippen molar-refractivity contribution in [3.63, 3.8) is 0 Å². The lowest BCUT2D eigenvalue weighted by Crippen LogP contribution is -2.52. The summed E-state index contributed by atoms with van der Waals surface area (Å²) < 4.78 is 1.81. The van der Waals surface area contributed by atoms with E-state index in [2.05, 4.69) is 28.7 Å². The Morgan fingerprint density at radius 2 is 2.22 bits per heavy atom. The maximum absolute atomic E-state index is 13.1.